The number of nitrogens with one attached hydrogen (secondary N) is 1. The van der Waals surface area contributed by atoms with Crippen LogP contribution in [0.4, 0.5) is 5.82 Å². The van der Waals surface area contributed by atoms with Crippen molar-refractivity contribution in [1.82, 2.24) is 9.55 Å². The highest BCUT2D eigenvalue weighted by Gasteiger charge is 2.19. The van der Waals surface area contributed by atoms with E-state index >= 15 is 0 Å². The Kier molecular flexibility index (Phi) is 4.97. The summed E-state index contributed by atoms with van der Waals surface area (Å²) in [5.41, 5.74) is -0.403. The molecule has 0 aromatic carbocycles. The van der Waals surface area contributed by atoms with Gasteiger partial charge in [-0.1, -0.05) is 20.8 Å². The fraction of sp³-hybridized carbons (Fsp3) is 0.733. The quantitative estimate of drug-likeness (QED) is 0.888. The van der Waals surface area contributed by atoms with Gasteiger partial charge in [0.1, 0.15) is 0 Å². The van der Waals surface area contributed by atoms with Crippen molar-refractivity contribution in [1.29, 1.82) is 0 Å². The minimum atomic E-state index is -0.500. The molecule has 5 heteroatoms. The number of aromatic nitrogens is 2. The molecule has 1 atom stereocenters. The molecule has 1 unspecified atom stereocenters. The highest BCUT2D eigenvalue weighted by atomic mass is 16.3. The summed E-state index contributed by atoms with van der Waals surface area (Å²) >= 11 is 0. The van der Waals surface area contributed by atoms with E-state index in [1.165, 1.54) is 0 Å². The molecule has 1 aromatic heterocycles. The summed E-state index contributed by atoms with van der Waals surface area (Å²) in [5.74, 6) is 0.287. The largest absolute Gasteiger partial charge is 0.391 e. The molecule has 0 saturated heterocycles. The lowest BCUT2D eigenvalue weighted by Gasteiger charge is -2.24. The van der Waals surface area contributed by atoms with E-state index in [0.717, 1.165) is 0 Å². The van der Waals surface area contributed by atoms with Crippen LogP contribution in [0, 0.1) is 5.41 Å². The molecule has 0 fully saturated rings. The second-order valence-corrected chi connectivity index (χ2v) is 7.42. The average molecular weight is 281 g/mol. The Bertz CT molecular complexity index is 495. The molecule has 0 bridgehead atoms. The molecule has 0 aliphatic rings. The molecule has 0 spiro atoms. The van der Waals surface area contributed by atoms with Crippen molar-refractivity contribution < 1.29 is 5.11 Å². The van der Waals surface area contributed by atoms with Crippen molar-refractivity contribution in [3.05, 3.63) is 22.7 Å². The monoisotopic (exact) mass is 281 g/mol. The zero-order valence-corrected chi connectivity index (χ0v) is 13.4. The molecule has 0 radical (unpaired) electrons. The molecule has 1 rings (SSSR count). The fourth-order valence-corrected chi connectivity index (χ4v) is 2.05. The van der Waals surface area contributed by atoms with E-state index in [0.29, 0.717) is 13.0 Å². The minimum absolute atomic E-state index is 0.0524. The maximum Gasteiger partial charge on any atom is 0.293 e. The first-order valence-electron chi connectivity index (χ1n) is 7.01. The first-order valence-corrected chi connectivity index (χ1v) is 7.01. The lowest BCUT2D eigenvalue weighted by atomic mass is 9.89. The van der Waals surface area contributed by atoms with Gasteiger partial charge in [0.15, 0.2) is 5.82 Å². The van der Waals surface area contributed by atoms with Crippen LogP contribution in [0.25, 0.3) is 0 Å². The number of aliphatic hydroxyl groups is 1. The third-order valence-corrected chi connectivity index (χ3v) is 2.92. The van der Waals surface area contributed by atoms with Crippen LogP contribution in [0.3, 0.4) is 0 Å². The van der Waals surface area contributed by atoms with Gasteiger partial charge in [-0.25, -0.2) is 4.98 Å². The summed E-state index contributed by atoms with van der Waals surface area (Å²) < 4.78 is 1.64. The van der Waals surface area contributed by atoms with Crippen molar-refractivity contribution in [2.24, 2.45) is 5.41 Å². The average Bonchev–Trinajstić information content (AvgIpc) is 2.23. The summed E-state index contributed by atoms with van der Waals surface area (Å²) in [5, 5.41) is 12.9. The number of rotatable bonds is 4. The van der Waals surface area contributed by atoms with Gasteiger partial charge in [0.25, 0.3) is 5.56 Å². The Balaban J connectivity index is 2.78. The van der Waals surface area contributed by atoms with Crippen molar-refractivity contribution in [2.75, 3.05) is 11.9 Å². The molecule has 1 aromatic rings. The van der Waals surface area contributed by atoms with E-state index in [2.05, 4.69) is 31.1 Å². The van der Waals surface area contributed by atoms with E-state index in [1.807, 2.05) is 20.8 Å². The Morgan fingerprint density at radius 1 is 1.30 bits per heavy atom. The Hall–Kier alpha value is -1.36. The topological polar surface area (TPSA) is 67.2 Å². The first-order chi connectivity index (χ1) is 9.00. The molecule has 0 amide bonds. The Labute approximate surface area is 121 Å². The summed E-state index contributed by atoms with van der Waals surface area (Å²) in [7, 11) is 0. The standard InChI is InChI=1S/C15H27N3O2/c1-14(2,3)9-11(19)10-17-12-13(20)18(8-7-16-12)15(4,5)6/h7-8,11,19H,9-10H2,1-6H3,(H,16,17). The minimum Gasteiger partial charge on any atom is -0.391 e. The van der Waals surface area contributed by atoms with E-state index < -0.39 is 6.10 Å². The molecule has 1 heterocycles. The number of anilines is 1. The van der Waals surface area contributed by atoms with E-state index in [4.69, 9.17) is 0 Å². The maximum absolute atomic E-state index is 12.3. The second kappa shape index (κ2) is 5.95. The van der Waals surface area contributed by atoms with Gasteiger partial charge in [0.05, 0.1) is 6.10 Å². The van der Waals surface area contributed by atoms with Crippen molar-refractivity contribution in [3.63, 3.8) is 0 Å². The number of aliphatic hydroxyl groups excluding tert-OH is 1. The maximum atomic E-state index is 12.3. The second-order valence-electron chi connectivity index (χ2n) is 7.42. The third-order valence-electron chi connectivity index (χ3n) is 2.92. The van der Waals surface area contributed by atoms with Gasteiger partial charge < -0.3 is 15.0 Å². The summed E-state index contributed by atoms with van der Waals surface area (Å²) in [6, 6.07) is 0. The van der Waals surface area contributed by atoms with Crippen LogP contribution in [0.5, 0.6) is 0 Å². The smallest absolute Gasteiger partial charge is 0.293 e. The number of hydrogen-bond donors (Lipinski definition) is 2. The van der Waals surface area contributed by atoms with Gasteiger partial charge in [-0.3, -0.25) is 4.79 Å². The van der Waals surface area contributed by atoms with E-state index in [9.17, 15) is 9.90 Å². The molecule has 5 nitrogen and oxygen atoms in total. The van der Waals surface area contributed by atoms with Crippen molar-refractivity contribution >= 4 is 5.82 Å². The third kappa shape index (κ3) is 4.96. The zero-order valence-electron chi connectivity index (χ0n) is 13.4. The van der Waals surface area contributed by atoms with Crippen molar-refractivity contribution in [3.8, 4) is 0 Å². The number of hydrogen-bond acceptors (Lipinski definition) is 4. The SMILES string of the molecule is CC(C)(C)CC(O)CNc1nccn(C(C)(C)C)c1=O. The molecule has 0 saturated carbocycles. The summed E-state index contributed by atoms with van der Waals surface area (Å²) in [6.45, 7) is 12.4. The number of nitrogens with zero attached hydrogens (tertiary/aromatic N) is 2. The highest BCUT2D eigenvalue weighted by Crippen LogP contribution is 2.20. The molecular formula is C15H27N3O2. The van der Waals surface area contributed by atoms with Crippen LogP contribution in [-0.2, 0) is 5.54 Å². The summed E-state index contributed by atoms with van der Waals surface area (Å²) in [6.07, 6.45) is 3.45. The van der Waals surface area contributed by atoms with Crippen LogP contribution in [0.2, 0.25) is 0 Å². The zero-order chi connectivity index (χ0) is 15.6. The molecule has 0 aliphatic heterocycles. The lowest BCUT2D eigenvalue weighted by molar-refractivity contribution is 0.132. The Morgan fingerprint density at radius 3 is 2.40 bits per heavy atom. The van der Waals surface area contributed by atoms with Crippen molar-refractivity contribution in [2.45, 2.75) is 59.6 Å². The predicted octanol–water partition coefficient (Wildman–Crippen LogP) is 2.21. The van der Waals surface area contributed by atoms with Crippen LogP contribution < -0.4 is 10.9 Å². The van der Waals surface area contributed by atoms with Gasteiger partial charge >= 0.3 is 0 Å². The molecule has 114 valence electrons. The first kappa shape index (κ1) is 16.7. The fourth-order valence-electron chi connectivity index (χ4n) is 2.05. The summed E-state index contributed by atoms with van der Waals surface area (Å²) in [4.78, 5) is 16.3. The normalized spacial score (nSPS) is 14.2. The van der Waals surface area contributed by atoms with E-state index in [-0.39, 0.29) is 22.3 Å². The van der Waals surface area contributed by atoms with Gasteiger partial charge in [0, 0.05) is 24.5 Å². The predicted molar refractivity (Wildman–Crippen MR) is 82.1 cm³/mol. The van der Waals surface area contributed by atoms with Gasteiger partial charge in [-0.05, 0) is 32.6 Å². The van der Waals surface area contributed by atoms with Gasteiger partial charge in [-0.15, -0.1) is 0 Å². The molecule has 2 N–H and O–H groups in total. The van der Waals surface area contributed by atoms with Crippen LogP contribution in [0.1, 0.15) is 48.0 Å². The highest BCUT2D eigenvalue weighted by molar-refractivity contribution is 5.31. The van der Waals surface area contributed by atoms with Gasteiger partial charge in [-0.2, -0.15) is 0 Å². The van der Waals surface area contributed by atoms with Crippen LogP contribution >= 0.6 is 0 Å². The molecule has 0 aliphatic carbocycles. The van der Waals surface area contributed by atoms with E-state index in [1.54, 1.807) is 17.0 Å². The molecular weight excluding hydrogens is 254 g/mol. The van der Waals surface area contributed by atoms with Crippen LogP contribution in [-0.4, -0.2) is 27.3 Å². The lowest BCUT2D eigenvalue weighted by Crippen LogP contribution is -2.36. The van der Waals surface area contributed by atoms with Crippen LogP contribution in [0.15, 0.2) is 17.2 Å². The molecule has 20 heavy (non-hydrogen) atoms. The van der Waals surface area contributed by atoms with Gasteiger partial charge in [0.2, 0.25) is 0 Å². The Morgan fingerprint density at radius 2 is 1.90 bits per heavy atom.